The van der Waals surface area contributed by atoms with E-state index >= 15 is 0 Å². The van der Waals surface area contributed by atoms with Gasteiger partial charge in [0.15, 0.2) is 0 Å². The quantitative estimate of drug-likeness (QED) is 0.607. The topological polar surface area (TPSA) is 26.3 Å². The van der Waals surface area contributed by atoms with Crippen LogP contribution in [0.1, 0.15) is 21.5 Å². The third-order valence-electron chi connectivity index (χ3n) is 2.66. The maximum Gasteiger partial charge on any atom is 0.416 e. The molecule has 0 unspecified atom stereocenters. The molecule has 0 N–H and O–H groups in total. The summed E-state index contributed by atoms with van der Waals surface area (Å²) in [5.41, 5.74) is 0.403. The first-order valence-electron chi connectivity index (χ1n) is 5.82. The van der Waals surface area contributed by atoms with Crippen molar-refractivity contribution in [1.82, 2.24) is 0 Å². The minimum atomic E-state index is -4.47. The van der Waals surface area contributed by atoms with Crippen molar-refractivity contribution in [2.45, 2.75) is 13.1 Å². The molecule has 0 fully saturated rings. The van der Waals surface area contributed by atoms with Crippen LogP contribution in [0.25, 0.3) is 0 Å². The molecule has 0 atom stereocenters. The van der Waals surface area contributed by atoms with Gasteiger partial charge in [-0.15, -0.1) is 0 Å². The van der Waals surface area contributed by atoms with E-state index in [0.717, 1.165) is 17.7 Å². The lowest BCUT2D eigenvalue weighted by Gasteiger charge is -2.09. The van der Waals surface area contributed by atoms with Crippen LogP contribution in [0.2, 0.25) is 0 Å². The number of aryl methyl sites for hydroxylation is 1. The fourth-order valence-electron chi connectivity index (χ4n) is 1.59. The molecular formula is C15H11F3O2. The molecule has 0 aliphatic carbocycles. The highest BCUT2D eigenvalue weighted by molar-refractivity contribution is 5.91. The average Bonchev–Trinajstić information content (AvgIpc) is 2.38. The first kappa shape index (κ1) is 14.1. The lowest BCUT2D eigenvalue weighted by molar-refractivity contribution is -0.137. The lowest BCUT2D eigenvalue weighted by atomic mass is 10.1. The van der Waals surface area contributed by atoms with Gasteiger partial charge in [0.2, 0.25) is 0 Å². The molecule has 0 bridgehead atoms. The maximum absolute atomic E-state index is 12.5. The molecule has 0 aliphatic rings. The van der Waals surface area contributed by atoms with E-state index in [1.54, 1.807) is 24.3 Å². The van der Waals surface area contributed by atoms with Crippen LogP contribution < -0.4 is 4.74 Å². The van der Waals surface area contributed by atoms with Crippen molar-refractivity contribution in [2.75, 3.05) is 0 Å². The van der Waals surface area contributed by atoms with Gasteiger partial charge < -0.3 is 4.74 Å². The van der Waals surface area contributed by atoms with E-state index in [1.807, 2.05) is 6.92 Å². The van der Waals surface area contributed by atoms with Gasteiger partial charge in [-0.3, -0.25) is 0 Å². The summed E-state index contributed by atoms with van der Waals surface area (Å²) in [7, 11) is 0. The number of ether oxygens (including phenoxy) is 1. The molecule has 2 nitrogen and oxygen atoms in total. The highest BCUT2D eigenvalue weighted by Crippen LogP contribution is 2.31. The monoisotopic (exact) mass is 280 g/mol. The Morgan fingerprint density at radius 1 is 1.05 bits per heavy atom. The van der Waals surface area contributed by atoms with Crippen LogP contribution in [0.3, 0.4) is 0 Å². The molecule has 0 radical (unpaired) electrons. The lowest BCUT2D eigenvalue weighted by Crippen LogP contribution is -2.10. The average molecular weight is 280 g/mol. The first-order chi connectivity index (χ1) is 9.36. The first-order valence-corrected chi connectivity index (χ1v) is 5.82. The summed E-state index contributed by atoms with van der Waals surface area (Å²) >= 11 is 0. The Kier molecular flexibility index (Phi) is 3.79. The zero-order valence-corrected chi connectivity index (χ0v) is 10.6. The van der Waals surface area contributed by atoms with Crippen molar-refractivity contribution in [3.63, 3.8) is 0 Å². The SMILES string of the molecule is Cc1ccc(C(=O)Oc2cccc(C(F)(F)F)c2)cc1. The van der Waals surface area contributed by atoms with E-state index in [9.17, 15) is 18.0 Å². The van der Waals surface area contributed by atoms with Crippen molar-refractivity contribution < 1.29 is 22.7 Å². The van der Waals surface area contributed by atoms with Crippen molar-refractivity contribution in [1.29, 1.82) is 0 Å². The van der Waals surface area contributed by atoms with Crippen LogP contribution in [0.4, 0.5) is 13.2 Å². The largest absolute Gasteiger partial charge is 0.423 e. The molecule has 2 aromatic carbocycles. The minimum absolute atomic E-state index is 0.134. The van der Waals surface area contributed by atoms with Gasteiger partial charge in [0.25, 0.3) is 0 Å². The molecule has 2 aromatic rings. The molecule has 2 rings (SSSR count). The molecule has 0 amide bonds. The fourth-order valence-corrected chi connectivity index (χ4v) is 1.59. The Bertz CT molecular complexity index is 616. The maximum atomic E-state index is 12.5. The van der Waals surface area contributed by atoms with Crippen molar-refractivity contribution in [2.24, 2.45) is 0 Å². The van der Waals surface area contributed by atoms with Crippen LogP contribution in [-0.4, -0.2) is 5.97 Å². The van der Waals surface area contributed by atoms with Gasteiger partial charge in [0, 0.05) is 0 Å². The Morgan fingerprint density at radius 3 is 2.30 bits per heavy atom. The Morgan fingerprint density at radius 2 is 1.70 bits per heavy atom. The highest BCUT2D eigenvalue weighted by atomic mass is 19.4. The number of halogens is 3. The zero-order chi connectivity index (χ0) is 14.8. The second-order valence-electron chi connectivity index (χ2n) is 4.28. The minimum Gasteiger partial charge on any atom is -0.423 e. The highest BCUT2D eigenvalue weighted by Gasteiger charge is 2.30. The summed E-state index contributed by atoms with van der Waals surface area (Å²) < 4.78 is 42.5. The summed E-state index contributed by atoms with van der Waals surface area (Å²) in [6, 6.07) is 10.8. The van der Waals surface area contributed by atoms with E-state index in [-0.39, 0.29) is 11.3 Å². The summed E-state index contributed by atoms with van der Waals surface area (Å²) in [5.74, 6) is -0.824. The second kappa shape index (κ2) is 5.36. The Labute approximate surface area is 113 Å². The van der Waals surface area contributed by atoms with E-state index in [4.69, 9.17) is 4.74 Å². The number of alkyl halides is 3. The number of benzene rings is 2. The third-order valence-corrected chi connectivity index (χ3v) is 2.66. The van der Waals surface area contributed by atoms with Gasteiger partial charge in [0.1, 0.15) is 5.75 Å². The van der Waals surface area contributed by atoms with E-state index in [1.165, 1.54) is 12.1 Å². The van der Waals surface area contributed by atoms with Gasteiger partial charge in [-0.2, -0.15) is 13.2 Å². The predicted octanol–water partition coefficient (Wildman–Crippen LogP) is 4.23. The molecule has 0 saturated heterocycles. The second-order valence-corrected chi connectivity index (χ2v) is 4.28. The number of hydrogen-bond acceptors (Lipinski definition) is 2. The van der Waals surface area contributed by atoms with Gasteiger partial charge in [-0.25, -0.2) is 4.79 Å². The van der Waals surface area contributed by atoms with Gasteiger partial charge in [-0.1, -0.05) is 23.8 Å². The summed E-state index contributed by atoms with van der Waals surface area (Å²) in [6.45, 7) is 1.86. The van der Waals surface area contributed by atoms with Crippen molar-refractivity contribution >= 4 is 5.97 Å². The van der Waals surface area contributed by atoms with E-state index in [0.29, 0.717) is 0 Å². The van der Waals surface area contributed by atoms with E-state index < -0.39 is 17.7 Å². The molecule has 104 valence electrons. The molecule has 0 aliphatic heterocycles. The summed E-state index contributed by atoms with van der Waals surface area (Å²) in [4.78, 5) is 11.8. The number of hydrogen-bond donors (Lipinski definition) is 0. The fraction of sp³-hybridized carbons (Fsp3) is 0.133. The standard InChI is InChI=1S/C15H11F3O2/c1-10-5-7-11(8-6-10)14(19)20-13-4-2-3-12(9-13)15(16,17)18/h2-9H,1H3. The number of carbonyl (C=O) groups is 1. The normalized spacial score (nSPS) is 11.2. The molecule has 0 aromatic heterocycles. The van der Waals surface area contributed by atoms with Crippen LogP contribution in [0, 0.1) is 6.92 Å². The van der Waals surface area contributed by atoms with Crippen molar-refractivity contribution in [3.05, 3.63) is 65.2 Å². The molecule has 20 heavy (non-hydrogen) atoms. The molecular weight excluding hydrogens is 269 g/mol. The number of carbonyl (C=O) groups excluding carboxylic acids is 1. The van der Waals surface area contributed by atoms with Gasteiger partial charge >= 0.3 is 12.1 Å². The van der Waals surface area contributed by atoms with Crippen LogP contribution in [0.5, 0.6) is 5.75 Å². The zero-order valence-electron chi connectivity index (χ0n) is 10.6. The summed E-state index contributed by atoms with van der Waals surface area (Å²) in [6.07, 6.45) is -4.47. The van der Waals surface area contributed by atoms with Gasteiger partial charge in [-0.05, 0) is 37.3 Å². The number of esters is 1. The Hall–Kier alpha value is -2.30. The van der Waals surface area contributed by atoms with Crippen molar-refractivity contribution in [3.8, 4) is 5.75 Å². The number of rotatable bonds is 2. The third kappa shape index (κ3) is 3.38. The molecule has 0 heterocycles. The predicted molar refractivity (Wildman–Crippen MR) is 67.6 cm³/mol. The summed E-state index contributed by atoms with van der Waals surface area (Å²) in [5, 5.41) is 0. The van der Waals surface area contributed by atoms with Crippen LogP contribution in [0.15, 0.2) is 48.5 Å². The molecule has 0 saturated carbocycles. The molecule has 5 heteroatoms. The smallest absolute Gasteiger partial charge is 0.416 e. The van der Waals surface area contributed by atoms with Gasteiger partial charge in [0.05, 0.1) is 11.1 Å². The van der Waals surface area contributed by atoms with Crippen LogP contribution >= 0.6 is 0 Å². The Balaban J connectivity index is 2.18. The van der Waals surface area contributed by atoms with E-state index in [2.05, 4.69) is 0 Å². The molecule has 0 spiro atoms. The van der Waals surface area contributed by atoms with Crippen LogP contribution in [-0.2, 0) is 6.18 Å².